The molecule has 0 radical (unpaired) electrons. The molecule has 3 aromatic rings. The molecule has 1 aromatic heterocycles. The van der Waals surface area contributed by atoms with Gasteiger partial charge in [0.2, 0.25) is 0 Å². The van der Waals surface area contributed by atoms with Crippen LogP contribution in [-0.2, 0) is 17.6 Å². The van der Waals surface area contributed by atoms with Gasteiger partial charge in [0.25, 0.3) is 0 Å². The molecule has 1 aliphatic rings. The summed E-state index contributed by atoms with van der Waals surface area (Å²) in [5, 5.41) is 40.7. The van der Waals surface area contributed by atoms with Crippen LogP contribution in [0, 0.1) is 0 Å². The predicted molar refractivity (Wildman–Crippen MR) is 108 cm³/mol. The van der Waals surface area contributed by atoms with Crippen LogP contribution < -0.4 is 0 Å². The van der Waals surface area contributed by atoms with E-state index in [2.05, 4.69) is 31.2 Å². The van der Waals surface area contributed by atoms with Crippen LogP contribution in [0.5, 0.6) is 0 Å². The van der Waals surface area contributed by atoms with Crippen molar-refractivity contribution in [2.24, 2.45) is 0 Å². The molecule has 29 heavy (non-hydrogen) atoms. The summed E-state index contributed by atoms with van der Waals surface area (Å²) in [6.45, 7) is 1.66. The average Bonchev–Trinajstić information content (AvgIpc) is 3.18. The number of hydrogen-bond donors (Lipinski definition) is 4. The third-order valence-electron chi connectivity index (χ3n) is 5.67. The van der Waals surface area contributed by atoms with E-state index in [1.807, 2.05) is 18.2 Å². The number of aliphatic hydroxyl groups excluding tert-OH is 4. The smallest absolute Gasteiger partial charge is 0.144 e. The molecule has 0 aliphatic carbocycles. The van der Waals surface area contributed by atoms with Crippen molar-refractivity contribution in [3.8, 4) is 0 Å². The Morgan fingerprint density at radius 3 is 2.31 bits per heavy atom. The van der Waals surface area contributed by atoms with Gasteiger partial charge in [-0.25, -0.2) is 0 Å². The highest BCUT2D eigenvalue weighted by molar-refractivity contribution is 5.82. The SMILES string of the molecule is CCc1ccc(Cc2cccc3oc([C@@H]4O[C@H](CO)[C@@H](O)[C@H](O)[C@H]4O)cc23)cc1. The maximum Gasteiger partial charge on any atom is 0.144 e. The highest BCUT2D eigenvalue weighted by Gasteiger charge is 2.45. The van der Waals surface area contributed by atoms with E-state index in [4.69, 9.17) is 9.15 Å². The molecule has 0 spiro atoms. The molecular formula is C23H26O6. The van der Waals surface area contributed by atoms with Crippen molar-refractivity contribution < 1.29 is 29.6 Å². The Balaban J connectivity index is 1.65. The molecule has 1 aliphatic heterocycles. The summed E-state index contributed by atoms with van der Waals surface area (Å²) in [4.78, 5) is 0. The van der Waals surface area contributed by atoms with E-state index in [-0.39, 0.29) is 0 Å². The van der Waals surface area contributed by atoms with Crippen LogP contribution in [-0.4, -0.2) is 51.4 Å². The number of ether oxygens (including phenoxy) is 1. The lowest BCUT2D eigenvalue weighted by atomic mass is 9.93. The maximum atomic E-state index is 10.4. The number of rotatable bonds is 5. The Morgan fingerprint density at radius 2 is 1.62 bits per heavy atom. The van der Waals surface area contributed by atoms with E-state index in [9.17, 15) is 20.4 Å². The molecule has 1 saturated heterocycles. The molecular weight excluding hydrogens is 372 g/mol. The summed E-state index contributed by atoms with van der Waals surface area (Å²) in [7, 11) is 0. The van der Waals surface area contributed by atoms with Crippen molar-refractivity contribution in [3.63, 3.8) is 0 Å². The number of aryl methyl sites for hydroxylation is 1. The maximum absolute atomic E-state index is 10.4. The molecule has 154 valence electrons. The molecule has 0 unspecified atom stereocenters. The topological polar surface area (TPSA) is 103 Å². The first-order chi connectivity index (χ1) is 14.0. The fourth-order valence-corrected chi connectivity index (χ4v) is 3.88. The molecule has 1 fully saturated rings. The van der Waals surface area contributed by atoms with Gasteiger partial charge in [-0.3, -0.25) is 0 Å². The summed E-state index contributed by atoms with van der Waals surface area (Å²) in [6.07, 6.45) is -4.40. The first kappa shape index (κ1) is 20.1. The summed E-state index contributed by atoms with van der Waals surface area (Å²) in [5.74, 6) is 0.352. The van der Waals surface area contributed by atoms with Crippen LogP contribution in [0.3, 0.4) is 0 Å². The molecule has 2 aromatic carbocycles. The average molecular weight is 398 g/mol. The number of hydrogen-bond acceptors (Lipinski definition) is 6. The van der Waals surface area contributed by atoms with E-state index in [1.165, 1.54) is 11.1 Å². The minimum absolute atomic E-state index is 0.352. The second-order valence-electron chi connectivity index (χ2n) is 7.57. The van der Waals surface area contributed by atoms with Crippen molar-refractivity contribution >= 4 is 11.0 Å². The van der Waals surface area contributed by atoms with E-state index in [0.29, 0.717) is 11.3 Å². The monoisotopic (exact) mass is 398 g/mol. The lowest BCUT2D eigenvalue weighted by Gasteiger charge is -2.39. The second-order valence-corrected chi connectivity index (χ2v) is 7.57. The standard InChI is InChI=1S/C23H26O6/c1-2-13-6-8-14(9-7-13)10-15-4-3-5-17-16(15)11-18(28-17)23-22(27)21(26)20(25)19(12-24)29-23/h3-9,11,19-27H,2,10,12H2,1H3/t19-,20-,21+,22-,23+/m1/s1. The third kappa shape index (κ3) is 3.82. The highest BCUT2D eigenvalue weighted by atomic mass is 16.6. The van der Waals surface area contributed by atoms with Gasteiger partial charge in [-0.2, -0.15) is 0 Å². The van der Waals surface area contributed by atoms with Gasteiger partial charge in [0.1, 0.15) is 41.9 Å². The Bertz CT molecular complexity index is 961. The Morgan fingerprint density at radius 1 is 0.897 bits per heavy atom. The van der Waals surface area contributed by atoms with Crippen LogP contribution in [0.1, 0.15) is 35.5 Å². The molecule has 4 rings (SSSR count). The normalized spacial score (nSPS) is 27.4. The van der Waals surface area contributed by atoms with Gasteiger partial charge in [-0.05, 0) is 41.7 Å². The van der Waals surface area contributed by atoms with E-state index in [1.54, 1.807) is 6.07 Å². The van der Waals surface area contributed by atoms with Crippen molar-refractivity contribution in [2.45, 2.75) is 50.3 Å². The first-order valence-electron chi connectivity index (χ1n) is 9.91. The lowest BCUT2D eigenvalue weighted by Crippen LogP contribution is -2.55. The minimum Gasteiger partial charge on any atom is -0.458 e. The minimum atomic E-state index is -1.43. The zero-order chi connectivity index (χ0) is 20.5. The predicted octanol–water partition coefficient (Wildman–Crippen LogP) is 2.10. The van der Waals surface area contributed by atoms with Crippen LogP contribution in [0.2, 0.25) is 0 Å². The Hall–Kier alpha value is -2.22. The number of aliphatic hydroxyl groups is 4. The quantitative estimate of drug-likeness (QED) is 0.525. The lowest BCUT2D eigenvalue weighted by molar-refractivity contribution is -0.235. The molecule has 6 heteroatoms. The summed E-state index contributed by atoms with van der Waals surface area (Å²) in [6, 6.07) is 16.1. The first-order valence-corrected chi connectivity index (χ1v) is 9.91. The Kier molecular flexibility index (Phi) is 5.72. The zero-order valence-electron chi connectivity index (χ0n) is 16.2. The van der Waals surface area contributed by atoms with Crippen LogP contribution in [0.25, 0.3) is 11.0 Å². The molecule has 4 N–H and O–H groups in total. The number of furan rings is 1. The molecule has 5 atom stereocenters. The molecule has 0 amide bonds. The number of fused-ring (bicyclic) bond motifs is 1. The largest absolute Gasteiger partial charge is 0.458 e. The molecule has 2 heterocycles. The second kappa shape index (κ2) is 8.26. The zero-order valence-corrected chi connectivity index (χ0v) is 16.2. The number of benzene rings is 2. The summed E-state index contributed by atoms with van der Waals surface area (Å²) in [5.41, 5.74) is 4.21. The molecule has 0 bridgehead atoms. The fraction of sp³-hybridized carbons (Fsp3) is 0.391. The van der Waals surface area contributed by atoms with E-state index < -0.39 is 37.1 Å². The van der Waals surface area contributed by atoms with Gasteiger partial charge in [0.15, 0.2) is 0 Å². The van der Waals surface area contributed by atoms with Crippen molar-refractivity contribution in [3.05, 3.63) is 71.0 Å². The van der Waals surface area contributed by atoms with Crippen molar-refractivity contribution in [2.75, 3.05) is 6.61 Å². The highest BCUT2D eigenvalue weighted by Crippen LogP contribution is 2.36. The fourth-order valence-electron chi connectivity index (χ4n) is 3.88. The summed E-state index contributed by atoms with van der Waals surface area (Å²) < 4.78 is 11.5. The molecule has 6 nitrogen and oxygen atoms in total. The van der Waals surface area contributed by atoms with Crippen molar-refractivity contribution in [1.82, 2.24) is 0 Å². The third-order valence-corrected chi connectivity index (χ3v) is 5.67. The Labute approximate surface area is 169 Å². The molecule has 0 saturated carbocycles. The summed E-state index contributed by atoms with van der Waals surface area (Å²) >= 11 is 0. The van der Waals surface area contributed by atoms with Gasteiger partial charge in [0, 0.05) is 5.39 Å². The van der Waals surface area contributed by atoms with Crippen LogP contribution >= 0.6 is 0 Å². The van der Waals surface area contributed by atoms with Crippen LogP contribution in [0.4, 0.5) is 0 Å². The van der Waals surface area contributed by atoms with Gasteiger partial charge in [-0.1, -0.05) is 43.3 Å². The van der Waals surface area contributed by atoms with Crippen LogP contribution in [0.15, 0.2) is 52.9 Å². The van der Waals surface area contributed by atoms with Crippen molar-refractivity contribution in [1.29, 1.82) is 0 Å². The van der Waals surface area contributed by atoms with Gasteiger partial charge in [0.05, 0.1) is 6.61 Å². The van der Waals surface area contributed by atoms with Gasteiger partial charge < -0.3 is 29.6 Å². The van der Waals surface area contributed by atoms with Gasteiger partial charge >= 0.3 is 0 Å². The van der Waals surface area contributed by atoms with E-state index >= 15 is 0 Å². The van der Waals surface area contributed by atoms with E-state index in [0.717, 1.165) is 23.8 Å². The van der Waals surface area contributed by atoms with Gasteiger partial charge in [-0.15, -0.1) is 0 Å².